The zero-order chi connectivity index (χ0) is 10.1. The van der Waals surface area contributed by atoms with E-state index in [0.717, 1.165) is 16.5 Å². The van der Waals surface area contributed by atoms with Gasteiger partial charge in [0.1, 0.15) is 5.82 Å². The van der Waals surface area contributed by atoms with Crippen LogP contribution in [0.2, 0.25) is 0 Å². The Balaban J connectivity index is 2.34. The topological polar surface area (TPSA) is 33.6 Å². The summed E-state index contributed by atoms with van der Waals surface area (Å²) in [5.41, 5.74) is 0. The molecule has 4 heteroatoms. The molecule has 1 N–H and O–H groups in total. The molecule has 1 fully saturated rings. The van der Waals surface area contributed by atoms with Gasteiger partial charge in [0.2, 0.25) is 0 Å². The van der Waals surface area contributed by atoms with Gasteiger partial charge in [-0.15, -0.1) is 0 Å². The molecule has 0 spiro atoms. The number of aromatic amines is 1. The van der Waals surface area contributed by atoms with Crippen molar-refractivity contribution in [3.8, 4) is 0 Å². The Morgan fingerprint density at radius 2 is 2.36 bits per heavy atom. The second kappa shape index (κ2) is 3.85. The average Bonchev–Trinajstić information content (AvgIpc) is 2.73. The van der Waals surface area contributed by atoms with Gasteiger partial charge >= 0.3 is 0 Å². The maximum atomic E-state index is 5.26. The first kappa shape index (κ1) is 9.90. The zero-order valence-corrected chi connectivity index (χ0v) is 9.60. The van der Waals surface area contributed by atoms with Crippen LogP contribution < -0.4 is 0 Å². The molecule has 1 heterocycles. The summed E-state index contributed by atoms with van der Waals surface area (Å²) >= 11 is 5.26. The molecule has 1 saturated carbocycles. The molecule has 2 rings (SSSR count). The lowest BCUT2D eigenvalue weighted by Gasteiger charge is -2.20. The molecule has 2 unspecified atom stereocenters. The van der Waals surface area contributed by atoms with Crippen LogP contribution in [0.25, 0.3) is 0 Å². The number of hydrogen-bond acceptors (Lipinski definition) is 2. The van der Waals surface area contributed by atoms with Crippen LogP contribution in [0.1, 0.15) is 44.5 Å². The molecule has 0 aliphatic heterocycles. The van der Waals surface area contributed by atoms with Gasteiger partial charge < -0.3 is 4.57 Å². The van der Waals surface area contributed by atoms with Crippen LogP contribution in [0.15, 0.2) is 0 Å². The first-order valence-corrected chi connectivity index (χ1v) is 5.78. The van der Waals surface area contributed by atoms with Crippen molar-refractivity contribution in [1.29, 1.82) is 0 Å². The average molecular weight is 211 g/mol. The van der Waals surface area contributed by atoms with Gasteiger partial charge in [-0.3, -0.25) is 5.10 Å². The van der Waals surface area contributed by atoms with E-state index in [0.29, 0.717) is 6.04 Å². The number of hydrogen-bond donors (Lipinski definition) is 1. The molecule has 14 heavy (non-hydrogen) atoms. The quantitative estimate of drug-likeness (QED) is 0.763. The summed E-state index contributed by atoms with van der Waals surface area (Å²) in [6.45, 7) is 4.29. The molecule has 0 saturated heterocycles. The van der Waals surface area contributed by atoms with Gasteiger partial charge in [0.15, 0.2) is 4.77 Å². The van der Waals surface area contributed by atoms with Crippen LogP contribution in [0.3, 0.4) is 0 Å². The monoisotopic (exact) mass is 211 g/mol. The number of nitrogens with zero attached hydrogens (tertiary/aromatic N) is 2. The van der Waals surface area contributed by atoms with E-state index >= 15 is 0 Å². The largest absolute Gasteiger partial charge is 0.301 e. The zero-order valence-electron chi connectivity index (χ0n) is 8.79. The van der Waals surface area contributed by atoms with E-state index in [4.69, 9.17) is 12.2 Å². The van der Waals surface area contributed by atoms with E-state index in [1.165, 1.54) is 25.7 Å². The van der Waals surface area contributed by atoms with Crippen molar-refractivity contribution in [2.45, 2.75) is 45.6 Å². The predicted molar refractivity (Wildman–Crippen MR) is 58.8 cm³/mol. The van der Waals surface area contributed by atoms with Crippen LogP contribution in [0.5, 0.6) is 0 Å². The Kier molecular flexibility index (Phi) is 2.72. The molecule has 1 aliphatic carbocycles. The fourth-order valence-corrected chi connectivity index (χ4v) is 2.92. The van der Waals surface area contributed by atoms with Gasteiger partial charge in [-0.1, -0.05) is 19.8 Å². The van der Waals surface area contributed by atoms with E-state index in [1.807, 2.05) is 6.92 Å². The molecule has 3 nitrogen and oxygen atoms in total. The van der Waals surface area contributed by atoms with Gasteiger partial charge in [0.25, 0.3) is 0 Å². The van der Waals surface area contributed by atoms with Crippen molar-refractivity contribution >= 4 is 12.2 Å². The smallest absolute Gasteiger partial charge is 0.195 e. The molecule has 0 bridgehead atoms. The molecular weight excluding hydrogens is 194 g/mol. The molecule has 0 radical (unpaired) electrons. The van der Waals surface area contributed by atoms with Crippen molar-refractivity contribution in [2.24, 2.45) is 5.92 Å². The molecule has 1 aromatic heterocycles. The highest BCUT2D eigenvalue weighted by molar-refractivity contribution is 7.71. The van der Waals surface area contributed by atoms with Gasteiger partial charge in [-0.2, -0.15) is 5.10 Å². The lowest BCUT2D eigenvalue weighted by atomic mass is 10.0. The second-order valence-corrected chi connectivity index (χ2v) is 4.50. The first-order chi connectivity index (χ1) is 6.74. The molecule has 0 amide bonds. The van der Waals surface area contributed by atoms with Crippen molar-refractivity contribution in [3.05, 3.63) is 10.6 Å². The number of aryl methyl sites for hydroxylation is 1. The maximum absolute atomic E-state index is 5.26. The highest BCUT2D eigenvalue weighted by Gasteiger charge is 2.28. The summed E-state index contributed by atoms with van der Waals surface area (Å²) in [6.07, 6.45) is 5.17. The van der Waals surface area contributed by atoms with Crippen LogP contribution in [-0.4, -0.2) is 14.8 Å². The minimum Gasteiger partial charge on any atom is -0.301 e. The Morgan fingerprint density at radius 1 is 1.57 bits per heavy atom. The highest BCUT2D eigenvalue weighted by atomic mass is 32.1. The number of aromatic nitrogens is 3. The Bertz CT molecular complexity index is 366. The van der Waals surface area contributed by atoms with E-state index in [-0.39, 0.29) is 0 Å². The normalized spacial score (nSPS) is 27.0. The number of nitrogens with one attached hydrogen (secondary N) is 1. The minimum absolute atomic E-state index is 0.589. The van der Waals surface area contributed by atoms with Crippen LogP contribution in [0.4, 0.5) is 0 Å². The van der Waals surface area contributed by atoms with Crippen molar-refractivity contribution in [1.82, 2.24) is 14.8 Å². The van der Waals surface area contributed by atoms with Crippen LogP contribution in [-0.2, 0) is 0 Å². The second-order valence-electron chi connectivity index (χ2n) is 4.11. The minimum atomic E-state index is 0.589. The van der Waals surface area contributed by atoms with E-state index in [2.05, 4.69) is 21.7 Å². The summed E-state index contributed by atoms with van der Waals surface area (Å²) < 4.78 is 2.99. The van der Waals surface area contributed by atoms with Crippen LogP contribution >= 0.6 is 12.2 Å². The fourth-order valence-electron chi connectivity index (χ4n) is 2.61. The highest BCUT2D eigenvalue weighted by Crippen LogP contribution is 2.38. The summed E-state index contributed by atoms with van der Waals surface area (Å²) in [5.74, 6) is 1.82. The molecule has 2 atom stereocenters. The van der Waals surface area contributed by atoms with Crippen molar-refractivity contribution in [3.63, 3.8) is 0 Å². The van der Waals surface area contributed by atoms with Crippen LogP contribution in [0, 0.1) is 17.6 Å². The lowest BCUT2D eigenvalue weighted by Crippen LogP contribution is -2.15. The first-order valence-electron chi connectivity index (χ1n) is 5.37. The van der Waals surface area contributed by atoms with Crippen molar-refractivity contribution in [2.75, 3.05) is 0 Å². The summed E-state index contributed by atoms with van der Waals surface area (Å²) in [7, 11) is 0. The Morgan fingerprint density at radius 3 is 2.93 bits per heavy atom. The third kappa shape index (κ3) is 1.52. The van der Waals surface area contributed by atoms with Gasteiger partial charge in [-0.05, 0) is 37.9 Å². The third-order valence-electron chi connectivity index (χ3n) is 3.36. The van der Waals surface area contributed by atoms with E-state index in [1.54, 1.807) is 0 Å². The predicted octanol–water partition coefficient (Wildman–Crippen LogP) is 3.00. The van der Waals surface area contributed by atoms with E-state index in [9.17, 15) is 0 Å². The third-order valence-corrected chi connectivity index (χ3v) is 3.64. The summed E-state index contributed by atoms with van der Waals surface area (Å²) in [5, 5.41) is 7.05. The molecule has 1 aliphatic rings. The summed E-state index contributed by atoms with van der Waals surface area (Å²) in [6, 6.07) is 0.589. The van der Waals surface area contributed by atoms with Gasteiger partial charge in [0, 0.05) is 6.04 Å². The van der Waals surface area contributed by atoms with E-state index < -0.39 is 0 Å². The Hall–Kier alpha value is -0.640. The van der Waals surface area contributed by atoms with Crippen molar-refractivity contribution < 1.29 is 0 Å². The summed E-state index contributed by atoms with van der Waals surface area (Å²) in [4.78, 5) is 0. The Labute approximate surface area is 89.5 Å². The number of rotatable bonds is 2. The molecule has 78 valence electrons. The molecular formula is C10H17N3S. The standard InChI is InChI=1S/C10H17N3S/c1-3-8-5-4-6-9(8)13-7(2)11-12-10(13)14/h8-9H,3-6H2,1-2H3,(H,12,14). The van der Waals surface area contributed by atoms with Gasteiger partial charge in [0.05, 0.1) is 0 Å². The lowest BCUT2D eigenvalue weighted by molar-refractivity contribution is 0.361. The molecule has 0 aromatic carbocycles. The number of H-pyrrole nitrogens is 1. The SMILES string of the molecule is CCC1CCCC1n1c(C)n[nH]c1=S. The maximum Gasteiger partial charge on any atom is 0.195 e. The van der Waals surface area contributed by atoms with Gasteiger partial charge in [-0.25, -0.2) is 0 Å². The molecule has 1 aromatic rings. The fraction of sp³-hybridized carbons (Fsp3) is 0.800.